The number of carbonyl (C=O) groups is 1. The molecule has 0 amide bonds. The Labute approximate surface area is 111 Å². The van der Waals surface area contributed by atoms with E-state index in [9.17, 15) is 9.18 Å². The third kappa shape index (κ3) is 2.42. The second-order valence-electron chi connectivity index (χ2n) is 5.61. The zero-order valence-electron chi connectivity index (χ0n) is 11.0. The number of furan rings is 1. The summed E-state index contributed by atoms with van der Waals surface area (Å²) in [4.78, 5) is 12.4. The van der Waals surface area contributed by atoms with E-state index in [4.69, 9.17) is 4.42 Å². The summed E-state index contributed by atoms with van der Waals surface area (Å²) in [5, 5.41) is 0.660. The molecule has 1 fully saturated rings. The van der Waals surface area contributed by atoms with Gasteiger partial charge in [-0.3, -0.25) is 4.79 Å². The second-order valence-corrected chi connectivity index (χ2v) is 5.61. The van der Waals surface area contributed by atoms with Gasteiger partial charge in [0.05, 0.1) is 0 Å². The van der Waals surface area contributed by atoms with Crippen LogP contribution in [0.25, 0.3) is 11.0 Å². The predicted octanol–water partition coefficient (Wildman–Crippen LogP) is 4.58. The topological polar surface area (TPSA) is 30.2 Å². The Kier molecular flexibility index (Phi) is 3.13. The highest BCUT2D eigenvalue weighted by Gasteiger charge is 2.27. The number of halogens is 1. The van der Waals surface area contributed by atoms with Crippen molar-refractivity contribution in [1.29, 1.82) is 0 Å². The first-order valence-electron chi connectivity index (χ1n) is 6.87. The molecule has 1 aliphatic carbocycles. The Bertz CT molecular complexity index is 606. The zero-order chi connectivity index (χ0) is 13.4. The SMILES string of the molecule is CC1CCC(C(=O)c2cc3cc(F)ccc3o2)CC1. The molecule has 3 rings (SSSR count). The summed E-state index contributed by atoms with van der Waals surface area (Å²) in [6.07, 6.45) is 4.08. The van der Waals surface area contributed by atoms with Gasteiger partial charge in [0.2, 0.25) is 5.78 Å². The van der Waals surface area contributed by atoms with Crippen molar-refractivity contribution < 1.29 is 13.6 Å². The van der Waals surface area contributed by atoms with Crippen molar-refractivity contribution in [3.63, 3.8) is 0 Å². The average Bonchev–Trinajstić information content (AvgIpc) is 2.81. The summed E-state index contributed by atoms with van der Waals surface area (Å²) >= 11 is 0. The van der Waals surface area contributed by atoms with Gasteiger partial charge in [0.25, 0.3) is 0 Å². The van der Waals surface area contributed by atoms with Crippen molar-refractivity contribution in [3.8, 4) is 0 Å². The third-order valence-corrected chi connectivity index (χ3v) is 4.11. The maximum absolute atomic E-state index is 13.1. The predicted molar refractivity (Wildman–Crippen MR) is 71.6 cm³/mol. The lowest BCUT2D eigenvalue weighted by molar-refractivity contribution is 0.0849. The molecule has 1 saturated carbocycles. The second kappa shape index (κ2) is 4.80. The highest BCUT2D eigenvalue weighted by molar-refractivity contribution is 5.99. The van der Waals surface area contributed by atoms with E-state index in [-0.39, 0.29) is 17.5 Å². The lowest BCUT2D eigenvalue weighted by Gasteiger charge is -2.24. The molecule has 2 aromatic rings. The minimum Gasteiger partial charge on any atom is -0.453 e. The van der Waals surface area contributed by atoms with Crippen LogP contribution in [0.2, 0.25) is 0 Å². The molecule has 0 N–H and O–H groups in total. The molecule has 0 unspecified atom stereocenters. The minimum absolute atomic E-state index is 0.0709. The molecule has 19 heavy (non-hydrogen) atoms. The van der Waals surface area contributed by atoms with E-state index in [0.717, 1.165) is 25.7 Å². The standard InChI is InChI=1S/C16H17FO2/c1-10-2-4-11(5-3-10)16(18)15-9-12-8-13(17)6-7-14(12)19-15/h6-11H,2-5H2,1H3. The molecule has 0 atom stereocenters. The highest BCUT2D eigenvalue weighted by Crippen LogP contribution is 2.32. The van der Waals surface area contributed by atoms with E-state index in [0.29, 0.717) is 22.6 Å². The number of benzene rings is 1. The summed E-state index contributed by atoms with van der Waals surface area (Å²) in [6.45, 7) is 2.23. The van der Waals surface area contributed by atoms with Gasteiger partial charge in [-0.25, -0.2) is 4.39 Å². The monoisotopic (exact) mass is 260 g/mol. The molecule has 1 aromatic carbocycles. The number of rotatable bonds is 2. The quantitative estimate of drug-likeness (QED) is 0.740. The number of hydrogen-bond donors (Lipinski definition) is 0. The van der Waals surface area contributed by atoms with Crippen molar-refractivity contribution in [3.05, 3.63) is 35.8 Å². The normalized spacial score (nSPS) is 23.7. The van der Waals surface area contributed by atoms with Crippen molar-refractivity contribution in [2.24, 2.45) is 11.8 Å². The summed E-state index contributed by atoms with van der Waals surface area (Å²) in [6, 6.07) is 5.99. The molecule has 0 spiro atoms. The Hall–Kier alpha value is -1.64. The van der Waals surface area contributed by atoms with Crippen LogP contribution >= 0.6 is 0 Å². The van der Waals surface area contributed by atoms with Gasteiger partial charge in [-0.2, -0.15) is 0 Å². The largest absolute Gasteiger partial charge is 0.453 e. The van der Waals surface area contributed by atoms with Gasteiger partial charge in [0.15, 0.2) is 5.76 Å². The van der Waals surface area contributed by atoms with Gasteiger partial charge >= 0.3 is 0 Å². The Morgan fingerprint density at radius 2 is 1.95 bits per heavy atom. The molecule has 2 nitrogen and oxygen atoms in total. The molecule has 0 aliphatic heterocycles. The molecule has 0 bridgehead atoms. The lowest BCUT2D eigenvalue weighted by atomic mass is 9.80. The first-order valence-corrected chi connectivity index (χ1v) is 6.87. The van der Waals surface area contributed by atoms with E-state index in [2.05, 4.69) is 6.92 Å². The van der Waals surface area contributed by atoms with Crippen LogP contribution in [0.4, 0.5) is 4.39 Å². The average molecular weight is 260 g/mol. The summed E-state index contributed by atoms with van der Waals surface area (Å²) in [7, 11) is 0. The van der Waals surface area contributed by atoms with E-state index in [1.165, 1.54) is 12.1 Å². The summed E-state index contributed by atoms with van der Waals surface area (Å²) < 4.78 is 18.7. The fourth-order valence-electron chi connectivity index (χ4n) is 2.86. The maximum Gasteiger partial charge on any atom is 0.201 e. The van der Waals surface area contributed by atoms with Gasteiger partial charge < -0.3 is 4.42 Å². The van der Waals surface area contributed by atoms with E-state index in [1.807, 2.05) is 0 Å². The van der Waals surface area contributed by atoms with Crippen LogP contribution in [0.5, 0.6) is 0 Å². The van der Waals surface area contributed by atoms with Gasteiger partial charge in [-0.15, -0.1) is 0 Å². The Morgan fingerprint density at radius 1 is 1.21 bits per heavy atom. The highest BCUT2D eigenvalue weighted by atomic mass is 19.1. The number of fused-ring (bicyclic) bond motifs is 1. The molecule has 1 aliphatic rings. The van der Waals surface area contributed by atoms with Crippen molar-refractivity contribution in [1.82, 2.24) is 0 Å². The van der Waals surface area contributed by atoms with E-state index in [1.54, 1.807) is 12.1 Å². The molecular weight excluding hydrogens is 243 g/mol. The molecule has 0 radical (unpaired) electrons. The molecular formula is C16H17FO2. The van der Waals surface area contributed by atoms with Crippen molar-refractivity contribution in [2.45, 2.75) is 32.6 Å². The summed E-state index contributed by atoms with van der Waals surface area (Å²) in [5.41, 5.74) is 0.578. The number of ketones is 1. The van der Waals surface area contributed by atoms with Gasteiger partial charge in [0, 0.05) is 11.3 Å². The van der Waals surface area contributed by atoms with Crippen molar-refractivity contribution >= 4 is 16.8 Å². The van der Waals surface area contributed by atoms with E-state index >= 15 is 0 Å². The van der Waals surface area contributed by atoms with Crippen LogP contribution in [0.15, 0.2) is 28.7 Å². The van der Waals surface area contributed by atoms with Crippen LogP contribution < -0.4 is 0 Å². The molecule has 3 heteroatoms. The van der Waals surface area contributed by atoms with Gasteiger partial charge in [-0.1, -0.05) is 19.8 Å². The van der Waals surface area contributed by atoms with Crippen LogP contribution in [0, 0.1) is 17.7 Å². The zero-order valence-corrected chi connectivity index (χ0v) is 11.0. The lowest BCUT2D eigenvalue weighted by Crippen LogP contribution is -2.20. The van der Waals surface area contributed by atoms with E-state index < -0.39 is 0 Å². The number of carbonyl (C=O) groups excluding carboxylic acids is 1. The fourth-order valence-corrected chi connectivity index (χ4v) is 2.86. The Morgan fingerprint density at radius 3 is 2.68 bits per heavy atom. The smallest absolute Gasteiger partial charge is 0.201 e. The number of Topliss-reactive ketones (excluding diaryl/α,β-unsaturated/α-hetero) is 1. The molecule has 100 valence electrons. The maximum atomic E-state index is 13.1. The third-order valence-electron chi connectivity index (χ3n) is 4.11. The summed E-state index contributed by atoms with van der Waals surface area (Å²) in [5.74, 6) is 0.929. The first-order chi connectivity index (χ1) is 9.13. The van der Waals surface area contributed by atoms with Crippen LogP contribution in [0.3, 0.4) is 0 Å². The fraction of sp³-hybridized carbons (Fsp3) is 0.438. The number of hydrogen-bond acceptors (Lipinski definition) is 2. The van der Waals surface area contributed by atoms with Crippen LogP contribution in [-0.4, -0.2) is 5.78 Å². The van der Waals surface area contributed by atoms with Crippen LogP contribution in [-0.2, 0) is 0 Å². The molecule has 0 saturated heterocycles. The molecule has 1 heterocycles. The van der Waals surface area contributed by atoms with Crippen LogP contribution in [0.1, 0.15) is 43.2 Å². The molecule has 1 aromatic heterocycles. The van der Waals surface area contributed by atoms with Gasteiger partial charge in [0.1, 0.15) is 11.4 Å². The first kappa shape index (κ1) is 12.4. The minimum atomic E-state index is -0.307. The van der Waals surface area contributed by atoms with Crippen molar-refractivity contribution in [2.75, 3.05) is 0 Å². The van der Waals surface area contributed by atoms with Gasteiger partial charge in [-0.05, 0) is 43.0 Å². The Balaban J connectivity index is 1.85.